The van der Waals surface area contributed by atoms with Crippen molar-refractivity contribution in [3.05, 3.63) is 23.8 Å². The van der Waals surface area contributed by atoms with Crippen LogP contribution in [-0.2, 0) is 0 Å². The number of amides is 1. The summed E-state index contributed by atoms with van der Waals surface area (Å²) in [6.45, 7) is 7.96. The van der Waals surface area contributed by atoms with E-state index in [0.29, 0.717) is 11.3 Å². The minimum absolute atomic E-state index is 0.0470. The van der Waals surface area contributed by atoms with Gasteiger partial charge in [0.1, 0.15) is 0 Å². The Morgan fingerprint density at radius 3 is 2.42 bits per heavy atom. The fourth-order valence-electron chi connectivity index (χ4n) is 2.32. The Morgan fingerprint density at radius 2 is 1.89 bits per heavy atom. The van der Waals surface area contributed by atoms with E-state index in [1.165, 1.54) is 0 Å². The SMILES string of the molecule is CC(C)(C)Nc1ccc(C(=O)N2CCCC2)cc1N. The number of carbonyl (C=O) groups excluding carboxylic acids is 1. The number of carbonyl (C=O) groups is 1. The molecule has 3 N–H and O–H groups in total. The first-order chi connectivity index (χ1) is 8.87. The molecule has 1 amide bonds. The van der Waals surface area contributed by atoms with Crippen LogP contribution < -0.4 is 11.1 Å². The van der Waals surface area contributed by atoms with Gasteiger partial charge in [0, 0.05) is 24.2 Å². The quantitative estimate of drug-likeness (QED) is 0.805. The molecular weight excluding hydrogens is 238 g/mol. The third-order valence-electron chi connectivity index (χ3n) is 3.20. The summed E-state index contributed by atoms with van der Waals surface area (Å²) in [7, 11) is 0. The van der Waals surface area contributed by atoms with Crippen molar-refractivity contribution in [2.75, 3.05) is 24.1 Å². The van der Waals surface area contributed by atoms with Crippen LogP contribution in [0.25, 0.3) is 0 Å². The molecule has 19 heavy (non-hydrogen) atoms. The number of nitrogens with one attached hydrogen (secondary N) is 1. The van der Waals surface area contributed by atoms with Crippen molar-refractivity contribution in [1.82, 2.24) is 4.90 Å². The molecule has 0 bridgehead atoms. The van der Waals surface area contributed by atoms with Gasteiger partial charge in [0.05, 0.1) is 11.4 Å². The molecular formula is C15H23N3O. The van der Waals surface area contributed by atoms with Crippen LogP contribution in [0.15, 0.2) is 18.2 Å². The Labute approximate surface area is 115 Å². The molecule has 1 saturated heterocycles. The maximum absolute atomic E-state index is 12.2. The predicted octanol–water partition coefficient (Wildman–Crippen LogP) is 2.72. The van der Waals surface area contributed by atoms with Crippen molar-refractivity contribution in [3.63, 3.8) is 0 Å². The normalized spacial score (nSPS) is 15.6. The molecule has 1 aromatic carbocycles. The van der Waals surface area contributed by atoms with Crippen molar-refractivity contribution < 1.29 is 4.79 Å². The molecule has 4 nitrogen and oxygen atoms in total. The van der Waals surface area contributed by atoms with Crippen molar-refractivity contribution in [3.8, 4) is 0 Å². The number of nitrogen functional groups attached to an aromatic ring is 1. The lowest BCUT2D eigenvalue weighted by molar-refractivity contribution is 0.0793. The highest BCUT2D eigenvalue weighted by Gasteiger charge is 2.20. The monoisotopic (exact) mass is 261 g/mol. The molecule has 2 rings (SSSR count). The number of hydrogen-bond donors (Lipinski definition) is 2. The van der Waals surface area contributed by atoms with Crippen LogP contribution in [0.2, 0.25) is 0 Å². The van der Waals surface area contributed by atoms with E-state index in [-0.39, 0.29) is 11.4 Å². The number of hydrogen-bond acceptors (Lipinski definition) is 3. The molecule has 0 atom stereocenters. The molecule has 1 aromatic rings. The zero-order chi connectivity index (χ0) is 14.0. The van der Waals surface area contributed by atoms with Crippen LogP contribution in [0.4, 0.5) is 11.4 Å². The standard InChI is InChI=1S/C15H23N3O/c1-15(2,3)17-13-7-6-11(10-12(13)16)14(19)18-8-4-5-9-18/h6-7,10,17H,4-5,8-9,16H2,1-3H3. The van der Waals surface area contributed by atoms with Crippen molar-refractivity contribution in [2.24, 2.45) is 0 Å². The van der Waals surface area contributed by atoms with Crippen LogP contribution in [0.3, 0.4) is 0 Å². The van der Waals surface area contributed by atoms with E-state index in [1.807, 2.05) is 17.0 Å². The van der Waals surface area contributed by atoms with Gasteiger partial charge in [-0.3, -0.25) is 4.79 Å². The Balaban J connectivity index is 2.16. The van der Waals surface area contributed by atoms with Gasteiger partial charge in [-0.1, -0.05) is 0 Å². The molecule has 0 spiro atoms. The molecule has 1 fully saturated rings. The largest absolute Gasteiger partial charge is 0.397 e. The van der Waals surface area contributed by atoms with Crippen molar-refractivity contribution in [2.45, 2.75) is 39.2 Å². The fraction of sp³-hybridized carbons (Fsp3) is 0.533. The number of likely N-dealkylation sites (tertiary alicyclic amines) is 1. The highest BCUT2D eigenvalue weighted by atomic mass is 16.2. The zero-order valence-corrected chi connectivity index (χ0v) is 12.0. The van der Waals surface area contributed by atoms with E-state index in [0.717, 1.165) is 31.6 Å². The highest BCUT2D eigenvalue weighted by Crippen LogP contribution is 2.24. The number of anilines is 2. The van der Waals surface area contributed by atoms with Crippen LogP contribution in [0.1, 0.15) is 44.0 Å². The lowest BCUT2D eigenvalue weighted by Crippen LogP contribution is -2.28. The van der Waals surface area contributed by atoms with E-state index in [4.69, 9.17) is 5.73 Å². The first-order valence-corrected chi connectivity index (χ1v) is 6.84. The molecule has 0 unspecified atom stereocenters. The molecule has 0 saturated carbocycles. The van der Waals surface area contributed by atoms with Gasteiger partial charge in [0.25, 0.3) is 5.91 Å². The van der Waals surface area contributed by atoms with Crippen LogP contribution >= 0.6 is 0 Å². The average Bonchev–Trinajstić information content (AvgIpc) is 2.82. The van der Waals surface area contributed by atoms with Gasteiger partial charge in [-0.05, 0) is 51.8 Å². The molecule has 4 heteroatoms. The first-order valence-electron chi connectivity index (χ1n) is 6.84. The molecule has 0 aromatic heterocycles. The van der Waals surface area contributed by atoms with E-state index in [9.17, 15) is 4.79 Å². The van der Waals surface area contributed by atoms with Gasteiger partial charge in [0.2, 0.25) is 0 Å². The summed E-state index contributed by atoms with van der Waals surface area (Å²) >= 11 is 0. The van der Waals surface area contributed by atoms with Gasteiger partial charge >= 0.3 is 0 Å². The molecule has 0 aliphatic carbocycles. The second-order valence-corrected chi connectivity index (χ2v) is 6.18. The van der Waals surface area contributed by atoms with E-state index in [1.54, 1.807) is 6.07 Å². The Hall–Kier alpha value is -1.71. The third kappa shape index (κ3) is 3.40. The Kier molecular flexibility index (Phi) is 3.69. The molecule has 1 aliphatic heterocycles. The topological polar surface area (TPSA) is 58.4 Å². The average molecular weight is 261 g/mol. The Morgan fingerprint density at radius 1 is 1.26 bits per heavy atom. The summed E-state index contributed by atoms with van der Waals surface area (Å²) in [6, 6.07) is 5.52. The molecule has 104 valence electrons. The van der Waals surface area contributed by atoms with Gasteiger partial charge in [-0.2, -0.15) is 0 Å². The summed E-state index contributed by atoms with van der Waals surface area (Å²) < 4.78 is 0. The summed E-state index contributed by atoms with van der Waals surface area (Å²) in [6.07, 6.45) is 2.20. The lowest BCUT2D eigenvalue weighted by atomic mass is 10.1. The fourth-order valence-corrected chi connectivity index (χ4v) is 2.32. The molecule has 1 heterocycles. The van der Waals surface area contributed by atoms with E-state index >= 15 is 0 Å². The minimum Gasteiger partial charge on any atom is -0.397 e. The highest BCUT2D eigenvalue weighted by molar-refractivity contribution is 5.96. The molecule has 0 radical (unpaired) electrons. The second-order valence-electron chi connectivity index (χ2n) is 6.18. The van der Waals surface area contributed by atoms with Gasteiger partial charge in [-0.25, -0.2) is 0 Å². The van der Waals surface area contributed by atoms with Gasteiger partial charge < -0.3 is 16.0 Å². The summed E-state index contributed by atoms with van der Waals surface area (Å²) in [5.74, 6) is 0.0894. The second kappa shape index (κ2) is 5.11. The minimum atomic E-state index is -0.0470. The first kappa shape index (κ1) is 13.7. The van der Waals surface area contributed by atoms with Crippen molar-refractivity contribution >= 4 is 17.3 Å². The van der Waals surface area contributed by atoms with Crippen LogP contribution in [0.5, 0.6) is 0 Å². The number of nitrogens with two attached hydrogens (primary N) is 1. The van der Waals surface area contributed by atoms with E-state index < -0.39 is 0 Å². The lowest BCUT2D eigenvalue weighted by Gasteiger charge is -2.24. The predicted molar refractivity (Wildman–Crippen MR) is 79.4 cm³/mol. The maximum Gasteiger partial charge on any atom is 0.253 e. The van der Waals surface area contributed by atoms with Crippen LogP contribution in [0, 0.1) is 0 Å². The van der Waals surface area contributed by atoms with Crippen LogP contribution in [-0.4, -0.2) is 29.4 Å². The molecule has 1 aliphatic rings. The zero-order valence-electron chi connectivity index (χ0n) is 12.0. The summed E-state index contributed by atoms with van der Waals surface area (Å²) in [4.78, 5) is 14.1. The smallest absolute Gasteiger partial charge is 0.253 e. The van der Waals surface area contributed by atoms with Gasteiger partial charge in [0.15, 0.2) is 0 Å². The van der Waals surface area contributed by atoms with Gasteiger partial charge in [-0.15, -0.1) is 0 Å². The number of nitrogens with zero attached hydrogens (tertiary/aromatic N) is 1. The van der Waals surface area contributed by atoms with Crippen molar-refractivity contribution in [1.29, 1.82) is 0 Å². The maximum atomic E-state index is 12.2. The number of benzene rings is 1. The summed E-state index contributed by atoms with van der Waals surface area (Å²) in [5.41, 5.74) is 8.17. The Bertz CT molecular complexity index is 471. The van der Waals surface area contributed by atoms with E-state index in [2.05, 4.69) is 26.1 Å². The third-order valence-corrected chi connectivity index (χ3v) is 3.20. The number of rotatable bonds is 2. The summed E-state index contributed by atoms with van der Waals surface area (Å²) in [5, 5.41) is 3.34.